The van der Waals surface area contributed by atoms with Crippen LogP contribution in [0.2, 0.25) is 0 Å². The zero-order chi connectivity index (χ0) is 18.5. The van der Waals surface area contributed by atoms with Gasteiger partial charge in [0.05, 0.1) is 5.92 Å². The van der Waals surface area contributed by atoms with Crippen LogP contribution >= 0.6 is 11.3 Å². The number of nitrogens with one attached hydrogen (secondary N) is 1. The number of carbonyl (C=O) groups is 1. The van der Waals surface area contributed by atoms with Crippen LogP contribution in [0.1, 0.15) is 31.2 Å². The van der Waals surface area contributed by atoms with Gasteiger partial charge in [-0.3, -0.25) is 14.7 Å². The van der Waals surface area contributed by atoms with E-state index in [4.69, 9.17) is 0 Å². The molecule has 27 heavy (non-hydrogen) atoms. The molecule has 144 valence electrons. The molecule has 2 saturated heterocycles. The lowest BCUT2D eigenvalue weighted by Gasteiger charge is -2.42. The van der Waals surface area contributed by atoms with Gasteiger partial charge in [0.15, 0.2) is 5.13 Å². The Morgan fingerprint density at radius 1 is 1.22 bits per heavy atom. The highest BCUT2D eigenvalue weighted by Crippen LogP contribution is 2.27. The predicted octanol–water partition coefficient (Wildman–Crippen LogP) is 2.54. The normalized spacial score (nSPS) is 21.9. The number of thiazole rings is 1. The van der Waals surface area contributed by atoms with E-state index in [1.807, 2.05) is 29.9 Å². The minimum Gasteiger partial charge on any atom is -0.352 e. The van der Waals surface area contributed by atoms with Gasteiger partial charge in [0, 0.05) is 56.2 Å². The lowest BCUT2D eigenvalue weighted by molar-refractivity contribution is -0.127. The summed E-state index contributed by atoms with van der Waals surface area (Å²) in [6.07, 6.45) is 9.86. The maximum absolute atomic E-state index is 12.6. The standard InChI is InChI=1S/C20H27N5OS/c26-19(23-14-16-3-1-7-21-13-16)17-4-2-9-25(15-17)18-5-10-24(11-6-18)20-22-8-12-27-20/h1,3,7-8,12-13,17-18H,2,4-6,9-11,14-15H2,(H,23,26)/t17-/m0/s1. The highest BCUT2D eigenvalue weighted by atomic mass is 32.1. The van der Waals surface area contributed by atoms with Gasteiger partial charge < -0.3 is 10.2 Å². The van der Waals surface area contributed by atoms with Crippen LogP contribution in [-0.4, -0.2) is 53.0 Å². The molecular formula is C20H27N5OS. The van der Waals surface area contributed by atoms with E-state index >= 15 is 0 Å². The quantitative estimate of drug-likeness (QED) is 0.857. The zero-order valence-corrected chi connectivity index (χ0v) is 16.4. The summed E-state index contributed by atoms with van der Waals surface area (Å²) in [5.74, 6) is 0.288. The molecule has 4 heterocycles. The van der Waals surface area contributed by atoms with Gasteiger partial charge in [-0.25, -0.2) is 4.98 Å². The molecule has 0 spiro atoms. The van der Waals surface area contributed by atoms with Crippen molar-refractivity contribution in [3.8, 4) is 0 Å². The summed E-state index contributed by atoms with van der Waals surface area (Å²) in [5, 5.41) is 6.28. The molecule has 0 bridgehead atoms. The number of anilines is 1. The van der Waals surface area contributed by atoms with E-state index in [1.54, 1.807) is 17.5 Å². The second-order valence-electron chi connectivity index (χ2n) is 7.45. The van der Waals surface area contributed by atoms with Crippen LogP contribution in [0, 0.1) is 5.92 Å². The summed E-state index contributed by atoms with van der Waals surface area (Å²) in [6, 6.07) is 4.49. The van der Waals surface area contributed by atoms with Crippen LogP contribution in [-0.2, 0) is 11.3 Å². The Bertz CT molecular complexity index is 715. The Hall–Kier alpha value is -1.99. The molecule has 0 aromatic carbocycles. The highest BCUT2D eigenvalue weighted by molar-refractivity contribution is 7.13. The van der Waals surface area contributed by atoms with E-state index in [9.17, 15) is 4.79 Å². The first-order valence-corrected chi connectivity index (χ1v) is 10.7. The Labute approximate surface area is 164 Å². The number of carbonyl (C=O) groups excluding carboxylic acids is 1. The third kappa shape index (κ3) is 4.65. The smallest absolute Gasteiger partial charge is 0.224 e. The van der Waals surface area contributed by atoms with Crippen molar-refractivity contribution < 1.29 is 4.79 Å². The first-order chi connectivity index (χ1) is 13.3. The van der Waals surface area contributed by atoms with E-state index in [0.717, 1.165) is 62.6 Å². The van der Waals surface area contributed by atoms with Crippen molar-refractivity contribution in [2.24, 2.45) is 5.92 Å². The Balaban J connectivity index is 1.26. The van der Waals surface area contributed by atoms with Crippen molar-refractivity contribution >= 4 is 22.4 Å². The van der Waals surface area contributed by atoms with Crippen molar-refractivity contribution in [2.45, 2.75) is 38.3 Å². The zero-order valence-electron chi connectivity index (χ0n) is 15.6. The van der Waals surface area contributed by atoms with Crippen LogP contribution in [0.5, 0.6) is 0 Å². The average molecular weight is 386 g/mol. The monoisotopic (exact) mass is 385 g/mol. The first kappa shape index (κ1) is 18.4. The molecule has 0 radical (unpaired) electrons. The molecule has 2 aliphatic rings. The second kappa shape index (κ2) is 8.80. The molecule has 2 aliphatic heterocycles. The Morgan fingerprint density at radius 3 is 2.85 bits per heavy atom. The van der Waals surface area contributed by atoms with Crippen molar-refractivity contribution in [3.05, 3.63) is 41.7 Å². The van der Waals surface area contributed by atoms with Crippen LogP contribution in [0.25, 0.3) is 0 Å². The molecule has 0 aliphatic carbocycles. The minimum absolute atomic E-state index is 0.104. The lowest BCUT2D eigenvalue weighted by atomic mass is 9.93. The van der Waals surface area contributed by atoms with Gasteiger partial charge in [-0.05, 0) is 43.9 Å². The van der Waals surface area contributed by atoms with Gasteiger partial charge in [-0.2, -0.15) is 0 Å². The summed E-state index contributed by atoms with van der Waals surface area (Å²) in [5.41, 5.74) is 1.05. The molecular weight excluding hydrogens is 358 g/mol. The predicted molar refractivity (Wildman–Crippen MR) is 108 cm³/mol. The molecule has 0 unspecified atom stereocenters. The number of aromatic nitrogens is 2. The molecule has 2 fully saturated rings. The van der Waals surface area contributed by atoms with E-state index < -0.39 is 0 Å². The number of likely N-dealkylation sites (tertiary alicyclic amines) is 1. The van der Waals surface area contributed by atoms with Gasteiger partial charge >= 0.3 is 0 Å². The Morgan fingerprint density at radius 2 is 2.11 bits per heavy atom. The highest BCUT2D eigenvalue weighted by Gasteiger charge is 2.31. The maximum Gasteiger partial charge on any atom is 0.224 e. The van der Waals surface area contributed by atoms with Crippen LogP contribution in [0.3, 0.4) is 0 Å². The fourth-order valence-corrected chi connectivity index (χ4v) is 4.88. The molecule has 2 aromatic heterocycles. The summed E-state index contributed by atoms with van der Waals surface area (Å²) < 4.78 is 0. The summed E-state index contributed by atoms with van der Waals surface area (Å²) in [6.45, 7) is 4.70. The summed E-state index contributed by atoms with van der Waals surface area (Å²) in [4.78, 5) is 26.1. The van der Waals surface area contributed by atoms with E-state index in [2.05, 4.69) is 25.1 Å². The molecule has 1 amide bonds. The average Bonchev–Trinajstić information content (AvgIpc) is 3.28. The van der Waals surface area contributed by atoms with Gasteiger partial charge in [0.25, 0.3) is 0 Å². The number of nitrogens with zero attached hydrogens (tertiary/aromatic N) is 4. The maximum atomic E-state index is 12.6. The largest absolute Gasteiger partial charge is 0.352 e. The lowest BCUT2D eigenvalue weighted by Crippen LogP contribution is -2.50. The molecule has 7 heteroatoms. The fraction of sp³-hybridized carbons (Fsp3) is 0.550. The SMILES string of the molecule is O=C(NCc1cccnc1)[C@H]1CCCN(C2CCN(c3nccs3)CC2)C1. The molecule has 4 rings (SSSR count). The summed E-state index contributed by atoms with van der Waals surface area (Å²) in [7, 11) is 0. The van der Waals surface area contributed by atoms with Crippen LogP contribution in [0.4, 0.5) is 5.13 Å². The van der Waals surface area contributed by atoms with Crippen molar-refractivity contribution in [1.29, 1.82) is 0 Å². The molecule has 6 nitrogen and oxygen atoms in total. The molecule has 1 N–H and O–H groups in total. The third-order valence-corrected chi connectivity index (χ3v) is 6.52. The van der Waals surface area contributed by atoms with Crippen LogP contribution < -0.4 is 10.2 Å². The van der Waals surface area contributed by atoms with Crippen molar-refractivity contribution in [3.63, 3.8) is 0 Å². The van der Waals surface area contributed by atoms with Crippen LogP contribution in [0.15, 0.2) is 36.1 Å². The van der Waals surface area contributed by atoms with Crippen molar-refractivity contribution in [1.82, 2.24) is 20.2 Å². The van der Waals surface area contributed by atoms with Gasteiger partial charge in [0.1, 0.15) is 0 Å². The number of piperidine rings is 2. The van der Waals surface area contributed by atoms with Gasteiger partial charge in [-0.15, -0.1) is 11.3 Å². The molecule has 0 saturated carbocycles. The minimum atomic E-state index is 0.104. The molecule has 1 atom stereocenters. The topological polar surface area (TPSA) is 61.4 Å². The number of pyridine rings is 1. The van der Waals surface area contributed by atoms with E-state index in [1.165, 1.54) is 0 Å². The summed E-state index contributed by atoms with van der Waals surface area (Å²) >= 11 is 1.72. The van der Waals surface area contributed by atoms with Gasteiger partial charge in [-0.1, -0.05) is 6.07 Å². The molecule has 2 aromatic rings. The number of hydrogen-bond donors (Lipinski definition) is 1. The van der Waals surface area contributed by atoms with E-state index in [-0.39, 0.29) is 11.8 Å². The fourth-order valence-electron chi connectivity index (χ4n) is 4.18. The second-order valence-corrected chi connectivity index (χ2v) is 8.32. The van der Waals surface area contributed by atoms with Crippen molar-refractivity contribution in [2.75, 3.05) is 31.1 Å². The van der Waals surface area contributed by atoms with Gasteiger partial charge in [0.2, 0.25) is 5.91 Å². The Kier molecular flexibility index (Phi) is 5.99. The first-order valence-electron chi connectivity index (χ1n) is 9.84. The van der Waals surface area contributed by atoms with E-state index in [0.29, 0.717) is 12.6 Å². The third-order valence-electron chi connectivity index (χ3n) is 5.68. The number of amides is 1. The number of hydrogen-bond acceptors (Lipinski definition) is 6. The number of rotatable bonds is 5.